The lowest BCUT2D eigenvalue weighted by molar-refractivity contribution is 0.373. The molecule has 1 N–H and O–H groups in total. The van der Waals surface area contributed by atoms with E-state index < -0.39 is 0 Å². The fourth-order valence-electron chi connectivity index (χ4n) is 2.13. The molecule has 0 aliphatic carbocycles. The van der Waals surface area contributed by atoms with Crippen LogP contribution in [0.3, 0.4) is 0 Å². The summed E-state index contributed by atoms with van der Waals surface area (Å²) in [6.07, 6.45) is 0. The normalized spacial score (nSPS) is 10.3. The summed E-state index contributed by atoms with van der Waals surface area (Å²) < 4.78 is 18.8. The Labute approximate surface area is 118 Å². The minimum absolute atomic E-state index is 0.0922. The number of hydrogen-bond donors (Lipinski definition) is 1. The summed E-state index contributed by atoms with van der Waals surface area (Å²) in [5, 5.41) is 9.78. The number of phenols is 1. The molecular formula is C16H18FNO2. The third-order valence-electron chi connectivity index (χ3n) is 3.19. The van der Waals surface area contributed by atoms with Gasteiger partial charge in [0.1, 0.15) is 5.82 Å². The molecule has 106 valence electrons. The molecule has 0 unspecified atom stereocenters. The fraction of sp³-hybridized carbons (Fsp3) is 0.250. The van der Waals surface area contributed by atoms with Gasteiger partial charge in [-0.3, -0.25) is 0 Å². The van der Waals surface area contributed by atoms with E-state index in [4.69, 9.17) is 4.74 Å². The van der Waals surface area contributed by atoms with Gasteiger partial charge in [-0.25, -0.2) is 4.39 Å². The maximum atomic E-state index is 13.8. The Morgan fingerprint density at radius 2 is 1.95 bits per heavy atom. The number of phenolic OH excluding ortho intramolecular Hbond substituents is 1. The van der Waals surface area contributed by atoms with E-state index in [0.717, 1.165) is 5.56 Å². The first-order valence-electron chi connectivity index (χ1n) is 6.51. The molecular weight excluding hydrogens is 257 g/mol. The summed E-state index contributed by atoms with van der Waals surface area (Å²) >= 11 is 0. The zero-order chi connectivity index (χ0) is 14.5. The third kappa shape index (κ3) is 3.02. The Bertz CT molecular complexity index is 586. The van der Waals surface area contributed by atoms with Gasteiger partial charge in [-0.1, -0.05) is 18.2 Å². The Morgan fingerprint density at radius 3 is 2.55 bits per heavy atom. The number of aromatic hydroxyl groups is 1. The van der Waals surface area contributed by atoms with Gasteiger partial charge < -0.3 is 14.7 Å². The van der Waals surface area contributed by atoms with Gasteiger partial charge >= 0.3 is 0 Å². The molecule has 0 aliphatic rings. The number of halogens is 1. The molecule has 0 fully saturated rings. The molecule has 0 heterocycles. The van der Waals surface area contributed by atoms with Crippen LogP contribution in [0.1, 0.15) is 12.5 Å². The van der Waals surface area contributed by atoms with E-state index in [-0.39, 0.29) is 11.6 Å². The van der Waals surface area contributed by atoms with Crippen molar-refractivity contribution in [2.45, 2.75) is 13.5 Å². The van der Waals surface area contributed by atoms with Crippen LogP contribution in [0.15, 0.2) is 42.5 Å². The molecule has 20 heavy (non-hydrogen) atoms. The highest BCUT2D eigenvalue weighted by Crippen LogP contribution is 2.28. The molecule has 0 atom stereocenters. The predicted octanol–water partition coefficient (Wildman–Crippen LogP) is 3.57. The van der Waals surface area contributed by atoms with E-state index in [1.807, 2.05) is 24.0 Å². The van der Waals surface area contributed by atoms with Crippen molar-refractivity contribution in [2.75, 3.05) is 18.6 Å². The summed E-state index contributed by atoms with van der Waals surface area (Å²) in [7, 11) is 1.51. The molecule has 2 aromatic rings. The lowest BCUT2D eigenvalue weighted by Gasteiger charge is -2.24. The zero-order valence-electron chi connectivity index (χ0n) is 11.6. The van der Waals surface area contributed by atoms with Crippen molar-refractivity contribution in [3.8, 4) is 11.5 Å². The number of nitrogens with zero attached hydrogens (tertiary/aromatic N) is 1. The van der Waals surface area contributed by atoms with Crippen molar-refractivity contribution in [1.29, 1.82) is 0 Å². The number of rotatable bonds is 5. The van der Waals surface area contributed by atoms with E-state index in [0.29, 0.717) is 24.5 Å². The van der Waals surface area contributed by atoms with Gasteiger partial charge in [-0.05, 0) is 36.8 Å². The number of para-hydroxylation sites is 1. The summed E-state index contributed by atoms with van der Waals surface area (Å²) in [6, 6.07) is 11.9. The number of ether oxygens (including phenoxy) is 1. The van der Waals surface area contributed by atoms with Crippen molar-refractivity contribution in [3.63, 3.8) is 0 Å². The van der Waals surface area contributed by atoms with Crippen LogP contribution in [-0.2, 0) is 6.54 Å². The molecule has 0 aromatic heterocycles. The minimum atomic E-state index is -0.243. The van der Waals surface area contributed by atoms with Crippen molar-refractivity contribution in [3.05, 3.63) is 53.8 Å². The second kappa shape index (κ2) is 6.28. The largest absolute Gasteiger partial charge is 0.504 e. The summed E-state index contributed by atoms with van der Waals surface area (Å²) in [4.78, 5) is 1.91. The number of anilines is 1. The van der Waals surface area contributed by atoms with Gasteiger partial charge in [0.05, 0.1) is 12.8 Å². The number of methoxy groups -OCH3 is 1. The van der Waals surface area contributed by atoms with Crippen LogP contribution in [0, 0.1) is 5.82 Å². The Kier molecular flexibility index (Phi) is 4.45. The summed E-state index contributed by atoms with van der Waals surface area (Å²) in [6.45, 7) is 3.17. The van der Waals surface area contributed by atoms with E-state index >= 15 is 0 Å². The standard InChI is InChI=1S/C16H18FNO2/c1-3-18(14-7-5-4-6-13(14)17)11-12-8-9-16(20-2)15(19)10-12/h4-10,19H,3,11H2,1-2H3. The fourth-order valence-corrected chi connectivity index (χ4v) is 2.13. The second-order valence-electron chi connectivity index (χ2n) is 4.47. The first-order chi connectivity index (χ1) is 9.65. The molecule has 2 aromatic carbocycles. The molecule has 0 spiro atoms. The van der Waals surface area contributed by atoms with Crippen molar-refractivity contribution in [1.82, 2.24) is 0 Å². The van der Waals surface area contributed by atoms with Crippen molar-refractivity contribution < 1.29 is 14.2 Å². The highest BCUT2D eigenvalue weighted by atomic mass is 19.1. The van der Waals surface area contributed by atoms with E-state index in [1.54, 1.807) is 24.3 Å². The number of hydrogen-bond acceptors (Lipinski definition) is 3. The first-order valence-corrected chi connectivity index (χ1v) is 6.51. The molecule has 2 rings (SSSR count). The highest BCUT2D eigenvalue weighted by Gasteiger charge is 2.11. The van der Waals surface area contributed by atoms with Crippen molar-refractivity contribution in [2.24, 2.45) is 0 Å². The third-order valence-corrected chi connectivity index (χ3v) is 3.19. The van der Waals surface area contributed by atoms with Gasteiger partial charge in [0.15, 0.2) is 11.5 Å². The average molecular weight is 275 g/mol. The summed E-state index contributed by atoms with van der Waals surface area (Å²) in [5.41, 5.74) is 1.46. The molecule has 3 nitrogen and oxygen atoms in total. The first kappa shape index (κ1) is 14.2. The van der Waals surface area contributed by atoms with E-state index in [9.17, 15) is 9.50 Å². The van der Waals surface area contributed by atoms with Crippen LogP contribution in [0.4, 0.5) is 10.1 Å². The topological polar surface area (TPSA) is 32.7 Å². The van der Waals surface area contributed by atoms with Gasteiger partial charge in [0.2, 0.25) is 0 Å². The molecule has 4 heteroatoms. The zero-order valence-corrected chi connectivity index (χ0v) is 11.6. The Morgan fingerprint density at radius 1 is 1.20 bits per heavy atom. The van der Waals surface area contributed by atoms with E-state index in [2.05, 4.69) is 0 Å². The lowest BCUT2D eigenvalue weighted by Crippen LogP contribution is -2.23. The molecule has 0 bridgehead atoms. The van der Waals surface area contributed by atoms with Gasteiger partial charge in [0, 0.05) is 13.1 Å². The van der Waals surface area contributed by atoms with Crippen LogP contribution >= 0.6 is 0 Å². The predicted molar refractivity (Wildman–Crippen MR) is 77.8 cm³/mol. The van der Waals surface area contributed by atoms with Crippen LogP contribution in [-0.4, -0.2) is 18.8 Å². The number of benzene rings is 2. The van der Waals surface area contributed by atoms with E-state index in [1.165, 1.54) is 13.2 Å². The molecule has 0 amide bonds. The van der Waals surface area contributed by atoms with Crippen LogP contribution < -0.4 is 9.64 Å². The van der Waals surface area contributed by atoms with Gasteiger partial charge in [-0.2, -0.15) is 0 Å². The van der Waals surface area contributed by atoms with Crippen LogP contribution in [0.5, 0.6) is 11.5 Å². The maximum Gasteiger partial charge on any atom is 0.160 e. The Hall–Kier alpha value is -2.23. The maximum absolute atomic E-state index is 13.8. The quantitative estimate of drug-likeness (QED) is 0.905. The van der Waals surface area contributed by atoms with Crippen LogP contribution in [0.2, 0.25) is 0 Å². The van der Waals surface area contributed by atoms with Crippen LogP contribution in [0.25, 0.3) is 0 Å². The van der Waals surface area contributed by atoms with Crippen molar-refractivity contribution >= 4 is 5.69 Å². The average Bonchev–Trinajstić information content (AvgIpc) is 2.46. The highest BCUT2D eigenvalue weighted by molar-refractivity contribution is 5.49. The van der Waals surface area contributed by atoms with Gasteiger partial charge in [-0.15, -0.1) is 0 Å². The SMILES string of the molecule is CCN(Cc1ccc(OC)c(O)c1)c1ccccc1F. The van der Waals surface area contributed by atoms with Gasteiger partial charge in [0.25, 0.3) is 0 Å². The molecule has 0 radical (unpaired) electrons. The smallest absolute Gasteiger partial charge is 0.160 e. The molecule has 0 saturated heterocycles. The monoisotopic (exact) mass is 275 g/mol. The second-order valence-corrected chi connectivity index (χ2v) is 4.47. The summed E-state index contributed by atoms with van der Waals surface area (Å²) in [5.74, 6) is 0.282. The lowest BCUT2D eigenvalue weighted by atomic mass is 10.1. The molecule has 0 aliphatic heterocycles. The Balaban J connectivity index is 2.23. The molecule has 0 saturated carbocycles. The minimum Gasteiger partial charge on any atom is -0.504 e.